The lowest BCUT2D eigenvalue weighted by molar-refractivity contribution is -0.185. The highest BCUT2D eigenvalue weighted by Crippen LogP contribution is 2.24. The summed E-state index contributed by atoms with van der Waals surface area (Å²) >= 11 is 0. The average Bonchev–Trinajstić information content (AvgIpc) is 1.82. The van der Waals surface area contributed by atoms with E-state index in [9.17, 15) is 27.2 Å². The van der Waals surface area contributed by atoms with Gasteiger partial charge in [-0.05, 0) is 6.92 Å². The fraction of sp³-hybridized carbons (Fsp3) is 0.667. The molecule has 0 aliphatic heterocycles. The van der Waals surface area contributed by atoms with Gasteiger partial charge < -0.3 is 0 Å². The maximum Gasteiger partial charge on any atom is 0.426 e. The standard InChI is InChI=1S/C6H6F4O2/c1-3(11)2-4(12)5(7)6(8,9)10/h5H,2H2,1H3. The number of rotatable bonds is 3. The Morgan fingerprint density at radius 1 is 1.33 bits per heavy atom. The van der Waals surface area contributed by atoms with E-state index in [-0.39, 0.29) is 0 Å². The maximum absolute atomic E-state index is 12.0. The number of halogens is 4. The van der Waals surface area contributed by atoms with Crippen molar-refractivity contribution in [3.63, 3.8) is 0 Å². The summed E-state index contributed by atoms with van der Waals surface area (Å²) in [7, 11) is 0. The van der Waals surface area contributed by atoms with Gasteiger partial charge in [-0.15, -0.1) is 0 Å². The first-order valence-electron chi connectivity index (χ1n) is 2.98. The van der Waals surface area contributed by atoms with E-state index >= 15 is 0 Å². The van der Waals surface area contributed by atoms with E-state index in [1.165, 1.54) is 0 Å². The molecule has 6 heteroatoms. The van der Waals surface area contributed by atoms with Crippen molar-refractivity contribution in [2.75, 3.05) is 0 Å². The van der Waals surface area contributed by atoms with Crippen molar-refractivity contribution < 1.29 is 27.2 Å². The second kappa shape index (κ2) is 3.64. The predicted octanol–water partition coefficient (Wildman–Crippen LogP) is 1.44. The summed E-state index contributed by atoms with van der Waals surface area (Å²) < 4.78 is 46.4. The van der Waals surface area contributed by atoms with Crippen LogP contribution in [0.1, 0.15) is 13.3 Å². The molecule has 0 heterocycles. The van der Waals surface area contributed by atoms with E-state index in [1.807, 2.05) is 0 Å². The Balaban J connectivity index is 4.21. The van der Waals surface area contributed by atoms with E-state index in [1.54, 1.807) is 0 Å². The van der Waals surface area contributed by atoms with Gasteiger partial charge in [0.25, 0.3) is 6.17 Å². The SMILES string of the molecule is CC(=O)CC(=O)C(F)C(F)(F)F. The molecular weight excluding hydrogens is 180 g/mol. The Bertz CT molecular complexity index is 196. The van der Waals surface area contributed by atoms with Gasteiger partial charge in [0.2, 0.25) is 0 Å². The van der Waals surface area contributed by atoms with Crippen molar-refractivity contribution in [3.05, 3.63) is 0 Å². The quantitative estimate of drug-likeness (QED) is 0.493. The fourth-order valence-electron chi connectivity index (χ4n) is 0.518. The van der Waals surface area contributed by atoms with Gasteiger partial charge in [-0.25, -0.2) is 4.39 Å². The van der Waals surface area contributed by atoms with Gasteiger partial charge in [0.05, 0.1) is 6.42 Å². The number of hydrogen-bond donors (Lipinski definition) is 0. The number of carbonyl (C=O) groups is 2. The third-order valence-corrected chi connectivity index (χ3v) is 0.993. The van der Waals surface area contributed by atoms with Crippen molar-refractivity contribution in [2.24, 2.45) is 0 Å². The zero-order chi connectivity index (χ0) is 9.94. The molecule has 0 aliphatic rings. The molecule has 0 radical (unpaired) electrons. The molecule has 70 valence electrons. The summed E-state index contributed by atoms with van der Waals surface area (Å²) in [5.74, 6) is -2.53. The minimum Gasteiger partial charge on any atom is -0.300 e. The Labute approximate surface area is 65.5 Å². The molecule has 0 bridgehead atoms. The molecule has 1 unspecified atom stereocenters. The predicted molar refractivity (Wildman–Crippen MR) is 31.3 cm³/mol. The van der Waals surface area contributed by atoms with Gasteiger partial charge in [0.15, 0.2) is 5.78 Å². The van der Waals surface area contributed by atoms with Crippen molar-refractivity contribution in [2.45, 2.75) is 25.7 Å². The van der Waals surface area contributed by atoms with Crippen LogP contribution in [0.15, 0.2) is 0 Å². The second-order valence-corrected chi connectivity index (χ2v) is 2.25. The molecule has 0 aromatic carbocycles. The van der Waals surface area contributed by atoms with Crippen LogP contribution in [0.4, 0.5) is 17.6 Å². The summed E-state index contributed by atoms with van der Waals surface area (Å²) in [6.45, 7) is 0.918. The summed E-state index contributed by atoms with van der Waals surface area (Å²) in [6.07, 6.45) is -9.76. The van der Waals surface area contributed by atoms with Crippen molar-refractivity contribution in [1.82, 2.24) is 0 Å². The molecule has 0 aliphatic carbocycles. The molecule has 0 N–H and O–H groups in total. The van der Waals surface area contributed by atoms with Crippen LogP contribution >= 0.6 is 0 Å². The van der Waals surface area contributed by atoms with Gasteiger partial charge >= 0.3 is 6.18 Å². The summed E-state index contributed by atoms with van der Waals surface area (Å²) in [5.41, 5.74) is 0. The average molecular weight is 186 g/mol. The Hall–Kier alpha value is -0.940. The molecule has 12 heavy (non-hydrogen) atoms. The largest absolute Gasteiger partial charge is 0.426 e. The highest BCUT2D eigenvalue weighted by Gasteiger charge is 2.45. The zero-order valence-electron chi connectivity index (χ0n) is 6.11. The molecule has 0 spiro atoms. The Kier molecular flexibility index (Phi) is 3.36. The number of carbonyl (C=O) groups excluding carboxylic acids is 2. The topological polar surface area (TPSA) is 34.1 Å². The van der Waals surface area contributed by atoms with Gasteiger partial charge in [0.1, 0.15) is 5.78 Å². The molecule has 0 fully saturated rings. The smallest absolute Gasteiger partial charge is 0.300 e. The fourth-order valence-corrected chi connectivity index (χ4v) is 0.518. The van der Waals surface area contributed by atoms with E-state index in [0.717, 1.165) is 6.92 Å². The number of Topliss-reactive ketones (excluding diaryl/α,β-unsaturated/α-hetero) is 2. The Morgan fingerprint density at radius 2 is 1.75 bits per heavy atom. The monoisotopic (exact) mass is 186 g/mol. The van der Waals surface area contributed by atoms with Crippen LogP contribution in [0.3, 0.4) is 0 Å². The van der Waals surface area contributed by atoms with Crippen molar-refractivity contribution >= 4 is 11.6 Å². The molecule has 0 aromatic rings. The van der Waals surface area contributed by atoms with Crippen LogP contribution in [-0.2, 0) is 9.59 Å². The molecule has 2 nitrogen and oxygen atoms in total. The lowest BCUT2D eigenvalue weighted by atomic mass is 10.1. The highest BCUT2D eigenvalue weighted by atomic mass is 19.4. The molecule has 0 amide bonds. The zero-order valence-corrected chi connectivity index (χ0v) is 6.11. The van der Waals surface area contributed by atoms with Gasteiger partial charge in [-0.1, -0.05) is 0 Å². The van der Waals surface area contributed by atoms with Crippen molar-refractivity contribution in [3.8, 4) is 0 Å². The first kappa shape index (κ1) is 11.1. The van der Waals surface area contributed by atoms with Gasteiger partial charge in [0, 0.05) is 0 Å². The first-order chi connectivity index (χ1) is 5.25. The lowest BCUT2D eigenvalue weighted by Gasteiger charge is -2.09. The molecular formula is C6H6F4O2. The molecule has 0 aromatic heterocycles. The minimum atomic E-state index is -5.20. The van der Waals surface area contributed by atoms with E-state index in [4.69, 9.17) is 0 Å². The number of alkyl halides is 4. The molecule has 0 saturated carbocycles. The van der Waals surface area contributed by atoms with E-state index in [0.29, 0.717) is 0 Å². The number of hydrogen-bond acceptors (Lipinski definition) is 2. The normalized spacial score (nSPS) is 14.1. The van der Waals surface area contributed by atoms with Crippen LogP contribution in [0.25, 0.3) is 0 Å². The van der Waals surface area contributed by atoms with Gasteiger partial charge in [-0.2, -0.15) is 13.2 Å². The summed E-state index contributed by atoms with van der Waals surface area (Å²) in [4.78, 5) is 20.4. The second-order valence-electron chi connectivity index (χ2n) is 2.25. The summed E-state index contributed by atoms with van der Waals surface area (Å²) in [6, 6.07) is 0. The minimum absolute atomic E-state index is 0.785. The van der Waals surface area contributed by atoms with Crippen LogP contribution in [0, 0.1) is 0 Å². The molecule has 1 atom stereocenters. The first-order valence-corrected chi connectivity index (χ1v) is 2.98. The molecule has 0 saturated heterocycles. The Morgan fingerprint density at radius 3 is 2.00 bits per heavy atom. The molecule has 0 rings (SSSR count). The highest BCUT2D eigenvalue weighted by molar-refractivity contribution is 6.00. The van der Waals surface area contributed by atoms with E-state index < -0.39 is 30.3 Å². The van der Waals surface area contributed by atoms with Crippen molar-refractivity contribution in [1.29, 1.82) is 0 Å². The number of ketones is 2. The van der Waals surface area contributed by atoms with Gasteiger partial charge in [-0.3, -0.25) is 9.59 Å². The maximum atomic E-state index is 12.0. The van der Waals surface area contributed by atoms with Crippen LogP contribution < -0.4 is 0 Å². The lowest BCUT2D eigenvalue weighted by Crippen LogP contribution is -2.33. The van der Waals surface area contributed by atoms with Crippen LogP contribution in [-0.4, -0.2) is 23.9 Å². The summed E-state index contributed by atoms with van der Waals surface area (Å²) in [5, 5.41) is 0. The van der Waals surface area contributed by atoms with Crippen LogP contribution in [0.5, 0.6) is 0 Å². The van der Waals surface area contributed by atoms with Crippen LogP contribution in [0.2, 0.25) is 0 Å². The van der Waals surface area contributed by atoms with E-state index in [2.05, 4.69) is 0 Å². The third-order valence-electron chi connectivity index (χ3n) is 0.993. The third kappa shape index (κ3) is 3.45.